The van der Waals surface area contributed by atoms with E-state index in [0.29, 0.717) is 29.3 Å². The third-order valence-electron chi connectivity index (χ3n) is 4.22. The van der Waals surface area contributed by atoms with Gasteiger partial charge in [0.2, 0.25) is 5.91 Å². The van der Waals surface area contributed by atoms with Gasteiger partial charge < -0.3 is 14.8 Å². The van der Waals surface area contributed by atoms with Crippen LogP contribution in [0.3, 0.4) is 0 Å². The van der Waals surface area contributed by atoms with Crippen LogP contribution in [0, 0.1) is 12.8 Å². The fourth-order valence-corrected chi connectivity index (χ4v) is 2.96. The summed E-state index contributed by atoms with van der Waals surface area (Å²) in [6.45, 7) is 2.17. The lowest BCUT2D eigenvalue weighted by atomic mass is 9.95. The third kappa shape index (κ3) is 3.77. The molecule has 3 rings (SSSR count). The Labute approximate surface area is 150 Å². The molecule has 0 aromatic heterocycles. The summed E-state index contributed by atoms with van der Waals surface area (Å²) < 4.78 is 10.4. The van der Waals surface area contributed by atoms with Crippen LogP contribution in [0.25, 0.3) is 0 Å². The summed E-state index contributed by atoms with van der Waals surface area (Å²) in [5.41, 5.74) is 2.75. The van der Waals surface area contributed by atoms with Gasteiger partial charge in [0.1, 0.15) is 12.4 Å². The highest BCUT2D eigenvalue weighted by molar-refractivity contribution is 6.30. The fourth-order valence-electron chi connectivity index (χ4n) is 2.77. The fraction of sp³-hybridized carbons (Fsp3) is 0.263. The molecule has 2 aromatic rings. The number of carbonyl (C=O) groups excluding carboxylic acids is 2. The molecule has 1 aliphatic heterocycles. The van der Waals surface area contributed by atoms with Crippen LogP contribution in [0.5, 0.6) is 5.75 Å². The van der Waals surface area contributed by atoms with Crippen LogP contribution in [0.1, 0.15) is 21.5 Å². The van der Waals surface area contributed by atoms with Crippen molar-refractivity contribution < 1.29 is 19.1 Å². The van der Waals surface area contributed by atoms with E-state index in [9.17, 15) is 9.59 Å². The number of amides is 1. The van der Waals surface area contributed by atoms with E-state index in [0.717, 1.165) is 16.9 Å². The second-order valence-electron chi connectivity index (χ2n) is 5.97. The molecular formula is C19H18ClNO4. The molecule has 0 saturated carbocycles. The predicted octanol–water partition coefficient (Wildman–Crippen LogP) is 3.62. The maximum absolute atomic E-state index is 12.6. The van der Waals surface area contributed by atoms with E-state index in [2.05, 4.69) is 5.32 Å². The summed E-state index contributed by atoms with van der Waals surface area (Å²) in [7, 11) is 1.32. The van der Waals surface area contributed by atoms with Crippen molar-refractivity contribution >= 4 is 29.2 Å². The summed E-state index contributed by atoms with van der Waals surface area (Å²) in [6.07, 6.45) is 0.553. The average molecular weight is 360 g/mol. The molecule has 1 amide bonds. The number of benzene rings is 2. The Morgan fingerprint density at radius 2 is 2.04 bits per heavy atom. The van der Waals surface area contributed by atoms with Gasteiger partial charge in [-0.05, 0) is 54.8 Å². The molecule has 2 aromatic carbocycles. The van der Waals surface area contributed by atoms with E-state index in [1.807, 2.05) is 19.1 Å². The molecule has 0 spiro atoms. The van der Waals surface area contributed by atoms with Gasteiger partial charge in [0, 0.05) is 10.7 Å². The van der Waals surface area contributed by atoms with Gasteiger partial charge in [0.15, 0.2) is 0 Å². The molecule has 25 heavy (non-hydrogen) atoms. The van der Waals surface area contributed by atoms with Crippen molar-refractivity contribution in [2.24, 2.45) is 5.92 Å². The number of ether oxygens (including phenoxy) is 2. The highest BCUT2D eigenvalue weighted by Crippen LogP contribution is 2.30. The van der Waals surface area contributed by atoms with Gasteiger partial charge in [-0.1, -0.05) is 17.7 Å². The number of esters is 1. The molecule has 6 heteroatoms. The average Bonchev–Trinajstić information content (AvgIpc) is 2.62. The Morgan fingerprint density at radius 3 is 2.80 bits per heavy atom. The van der Waals surface area contributed by atoms with E-state index >= 15 is 0 Å². The molecule has 1 N–H and O–H groups in total. The number of carbonyl (C=O) groups is 2. The van der Waals surface area contributed by atoms with Gasteiger partial charge in [-0.15, -0.1) is 0 Å². The molecule has 1 heterocycles. The smallest absolute Gasteiger partial charge is 0.337 e. The number of hydrogen-bond donors (Lipinski definition) is 1. The minimum Gasteiger partial charge on any atom is -0.492 e. The molecule has 0 radical (unpaired) electrons. The zero-order valence-electron chi connectivity index (χ0n) is 14.0. The minimum absolute atomic E-state index is 0.157. The van der Waals surface area contributed by atoms with E-state index < -0.39 is 5.97 Å². The Kier molecular flexibility index (Phi) is 4.95. The quantitative estimate of drug-likeness (QED) is 0.850. The van der Waals surface area contributed by atoms with Crippen LogP contribution < -0.4 is 10.1 Å². The third-order valence-corrected chi connectivity index (χ3v) is 4.45. The monoisotopic (exact) mass is 359 g/mol. The second-order valence-corrected chi connectivity index (χ2v) is 6.41. The largest absolute Gasteiger partial charge is 0.492 e. The molecular weight excluding hydrogens is 342 g/mol. The lowest BCUT2D eigenvalue weighted by molar-refractivity contribution is -0.121. The molecule has 130 valence electrons. The molecule has 0 saturated heterocycles. The van der Waals surface area contributed by atoms with Gasteiger partial charge >= 0.3 is 5.97 Å². The van der Waals surface area contributed by atoms with Crippen molar-refractivity contribution in [3.63, 3.8) is 0 Å². The normalized spacial score (nSPS) is 15.7. The first-order chi connectivity index (χ1) is 12.0. The van der Waals surface area contributed by atoms with Gasteiger partial charge in [-0.2, -0.15) is 0 Å². The van der Waals surface area contributed by atoms with Crippen molar-refractivity contribution in [3.8, 4) is 5.75 Å². The number of hydrogen-bond acceptors (Lipinski definition) is 4. The standard InChI is InChI=1S/C19H18ClNO4/c1-11-3-4-12(19(23)24-2)9-16(11)21-18(22)14-7-13-8-15(20)5-6-17(13)25-10-14/h3-6,8-9,14H,7,10H2,1-2H3,(H,21,22)/t14-/m0/s1. The Morgan fingerprint density at radius 1 is 1.24 bits per heavy atom. The van der Waals surface area contributed by atoms with Gasteiger partial charge in [0.25, 0.3) is 0 Å². The molecule has 1 aliphatic rings. The maximum atomic E-state index is 12.6. The van der Waals surface area contributed by atoms with Crippen molar-refractivity contribution in [2.75, 3.05) is 19.0 Å². The second kappa shape index (κ2) is 7.15. The summed E-state index contributed by atoms with van der Waals surface area (Å²) in [6, 6.07) is 10.5. The Balaban J connectivity index is 1.76. The van der Waals surface area contributed by atoms with Crippen molar-refractivity contribution in [1.29, 1.82) is 0 Å². The topological polar surface area (TPSA) is 64.6 Å². The van der Waals surface area contributed by atoms with Gasteiger partial charge in [0.05, 0.1) is 18.6 Å². The Bertz CT molecular complexity index is 834. The van der Waals surface area contributed by atoms with Crippen LogP contribution in [0.4, 0.5) is 5.69 Å². The summed E-state index contributed by atoms with van der Waals surface area (Å²) in [4.78, 5) is 24.3. The van der Waals surface area contributed by atoms with E-state index in [-0.39, 0.29) is 11.8 Å². The molecule has 1 atom stereocenters. The summed E-state index contributed by atoms with van der Waals surface area (Å²) in [5, 5.41) is 3.50. The molecule has 0 unspecified atom stereocenters. The highest BCUT2D eigenvalue weighted by Gasteiger charge is 2.26. The first kappa shape index (κ1) is 17.3. The van der Waals surface area contributed by atoms with Crippen molar-refractivity contribution in [1.82, 2.24) is 0 Å². The van der Waals surface area contributed by atoms with Crippen LogP contribution in [-0.4, -0.2) is 25.6 Å². The zero-order chi connectivity index (χ0) is 18.0. The lowest BCUT2D eigenvalue weighted by Gasteiger charge is -2.25. The number of nitrogens with one attached hydrogen (secondary N) is 1. The number of fused-ring (bicyclic) bond motifs is 1. The number of halogens is 1. The van der Waals surface area contributed by atoms with Crippen LogP contribution in [-0.2, 0) is 16.0 Å². The maximum Gasteiger partial charge on any atom is 0.337 e. The van der Waals surface area contributed by atoms with Crippen LogP contribution >= 0.6 is 11.6 Å². The van der Waals surface area contributed by atoms with E-state index in [1.165, 1.54) is 7.11 Å². The van der Waals surface area contributed by atoms with Crippen molar-refractivity contribution in [2.45, 2.75) is 13.3 Å². The Hall–Kier alpha value is -2.53. The number of aryl methyl sites for hydroxylation is 1. The van der Waals surface area contributed by atoms with Crippen LogP contribution in [0.15, 0.2) is 36.4 Å². The highest BCUT2D eigenvalue weighted by atomic mass is 35.5. The van der Waals surface area contributed by atoms with Crippen LogP contribution in [0.2, 0.25) is 5.02 Å². The van der Waals surface area contributed by atoms with Gasteiger partial charge in [-0.3, -0.25) is 4.79 Å². The minimum atomic E-state index is -0.444. The van der Waals surface area contributed by atoms with Gasteiger partial charge in [-0.25, -0.2) is 4.79 Å². The van der Waals surface area contributed by atoms with Crippen molar-refractivity contribution in [3.05, 3.63) is 58.1 Å². The predicted molar refractivity (Wildman–Crippen MR) is 95.3 cm³/mol. The lowest BCUT2D eigenvalue weighted by Crippen LogP contribution is -2.32. The number of methoxy groups -OCH3 is 1. The zero-order valence-corrected chi connectivity index (χ0v) is 14.7. The molecule has 0 aliphatic carbocycles. The molecule has 0 fully saturated rings. The first-order valence-corrected chi connectivity index (χ1v) is 8.27. The number of rotatable bonds is 3. The SMILES string of the molecule is COC(=O)c1ccc(C)c(NC(=O)[C@@H]2COc3ccc(Cl)cc3C2)c1. The number of anilines is 1. The molecule has 5 nitrogen and oxygen atoms in total. The summed E-state index contributed by atoms with van der Waals surface area (Å²) >= 11 is 6.02. The van der Waals surface area contributed by atoms with E-state index in [1.54, 1.807) is 24.3 Å². The molecule has 0 bridgehead atoms. The van der Waals surface area contributed by atoms with E-state index in [4.69, 9.17) is 21.1 Å². The first-order valence-electron chi connectivity index (χ1n) is 7.89. The summed E-state index contributed by atoms with van der Waals surface area (Å²) in [5.74, 6) is -0.166.